The van der Waals surface area contributed by atoms with E-state index in [2.05, 4.69) is 9.98 Å². The largest absolute Gasteiger partial charge is 0.507 e. The summed E-state index contributed by atoms with van der Waals surface area (Å²) in [6.07, 6.45) is 3.69. The number of hydrogen-bond acceptors (Lipinski definition) is 4. The van der Waals surface area contributed by atoms with Gasteiger partial charge in [0.05, 0.1) is 7.11 Å². The fourth-order valence-electron chi connectivity index (χ4n) is 2.64. The molecule has 3 rings (SSSR count). The van der Waals surface area contributed by atoms with Gasteiger partial charge >= 0.3 is 5.97 Å². The molecule has 0 aliphatic carbocycles. The Morgan fingerprint density at radius 1 is 1.36 bits per heavy atom. The van der Waals surface area contributed by atoms with Crippen LogP contribution in [0.5, 0.6) is 5.75 Å². The van der Waals surface area contributed by atoms with Crippen LogP contribution in [0.25, 0.3) is 10.9 Å². The van der Waals surface area contributed by atoms with Crippen molar-refractivity contribution >= 4 is 34.7 Å². The van der Waals surface area contributed by atoms with Gasteiger partial charge in [-0.15, -0.1) is 0 Å². The Morgan fingerprint density at radius 3 is 2.96 bits per heavy atom. The number of phenols is 1. The van der Waals surface area contributed by atoms with E-state index >= 15 is 0 Å². The lowest BCUT2D eigenvalue weighted by Crippen LogP contribution is -2.23. The second kappa shape index (κ2) is 7.40. The Balaban J connectivity index is 1.88. The van der Waals surface area contributed by atoms with Gasteiger partial charge in [-0.1, -0.05) is 29.8 Å². The SMILES string of the molecule is COC(=O)[C@H](Cc1c[nH]c2ccccc12)N=Cc1cc(Cl)ccc1O. The van der Waals surface area contributed by atoms with Crippen molar-refractivity contribution < 1.29 is 14.6 Å². The van der Waals surface area contributed by atoms with E-state index in [1.54, 1.807) is 12.1 Å². The van der Waals surface area contributed by atoms with Crippen LogP contribution in [-0.2, 0) is 16.0 Å². The highest BCUT2D eigenvalue weighted by atomic mass is 35.5. The van der Waals surface area contributed by atoms with Crippen molar-refractivity contribution in [3.63, 3.8) is 0 Å². The zero-order chi connectivity index (χ0) is 17.8. The zero-order valence-corrected chi connectivity index (χ0v) is 14.3. The van der Waals surface area contributed by atoms with Crippen molar-refractivity contribution in [2.45, 2.75) is 12.5 Å². The monoisotopic (exact) mass is 356 g/mol. The standard InChI is InChI=1S/C19H17ClN2O3/c1-25-19(24)17(22-11-13-8-14(20)6-7-18(13)23)9-12-10-21-16-5-3-2-4-15(12)16/h2-8,10-11,17,21,23H,9H2,1H3/t17-/m0/s1. The molecule has 5 nitrogen and oxygen atoms in total. The topological polar surface area (TPSA) is 74.7 Å². The first-order chi connectivity index (χ1) is 12.1. The smallest absolute Gasteiger partial charge is 0.330 e. The van der Waals surface area contributed by atoms with Crippen molar-refractivity contribution in [3.8, 4) is 5.75 Å². The highest BCUT2D eigenvalue weighted by molar-refractivity contribution is 6.30. The molecule has 0 amide bonds. The molecule has 128 valence electrons. The maximum atomic E-state index is 12.1. The van der Waals surface area contributed by atoms with E-state index in [1.807, 2.05) is 30.5 Å². The number of rotatable bonds is 5. The number of aromatic hydroxyl groups is 1. The normalized spacial score (nSPS) is 12.6. The Bertz CT molecular complexity index is 933. The number of benzene rings is 2. The van der Waals surface area contributed by atoms with Gasteiger partial charge in [0.15, 0.2) is 6.04 Å². The molecule has 0 saturated heterocycles. The molecule has 0 saturated carbocycles. The maximum absolute atomic E-state index is 12.1. The number of ether oxygens (including phenoxy) is 1. The van der Waals surface area contributed by atoms with E-state index in [0.717, 1.165) is 16.5 Å². The number of carbonyl (C=O) groups is 1. The second-order valence-corrected chi connectivity index (χ2v) is 6.02. The van der Waals surface area contributed by atoms with Crippen molar-refractivity contribution in [1.29, 1.82) is 0 Å². The molecular formula is C19H17ClN2O3. The van der Waals surface area contributed by atoms with Gasteiger partial charge in [-0.05, 0) is 29.8 Å². The number of fused-ring (bicyclic) bond motifs is 1. The molecule has 0 aliphatic rings. The highest BCUT2D eigenvalue weighted by Crippen LogP contribution is 2.22. The summed E-state index contributed by atoms with van der Waals surface area (Å²) in [5.74, 6) is -0.396. The minimum atomic E-state index is -0.720. The molecule has 1 atom stereocenters. The minimum absolute atomic E-state index is 0.0452. The van der Waals surface area contributed by atoms with Crippen LogP contribution in [0.3, 0.4) is 0 Å². The summed E-state index contributed by atoms with van der Waals surface area (Å²) in [5, 5.41) is 11.4. The maximum Gasteiger partial charge on any atom is 0.330 e. The quantitative estimate of drug-likeness (QED) is 0.540. The molecule has 0 aliphatic heterocycles. The first kappa shape index (κ1) is 17.0. The van der Waals surface area contributed by atoms with Crippen LogP contribution in [0.15, 0.2) is 53.7 Å². The number of hydrogen-bond donors (Lipinski definition) is 2. The number of methoxy groups -OCH3 is 1. The van der Waals surface area contributed by atoms with Crippen LogP contribution < -0.4 is 0 Å². The number of aliphatic imine (C=N–C) groups is 1. The van der Waals surface area contributed by atoms with Crippen LogP contribution in [-0.4, -0.2) is 35.4 Å². The molecule has 2 aromatic carbocycles. The van der Waals surface area contributed by atoms with Crippen molar-refractivity contribution in [2.24, 2.45) is 4.99 Å². The lowest BCUT2D eigenvalue weighted by Gasteiger charge is -2.10. The third-order valence-electron chi connectivity index (χ3n) is 3.94. The van der Waals surface area contributed by atoms with Crippen LogP contribution in [0.1, 0.15) is 11.1 Å². The molecule has 6 heteroatoms. The molecule has 1 aromatic heterocycles. The van der Waals surface area contributed by atoms with Gasteiger partial charge in [0.1, 0.15) is 5.75 Å². The number of phenolic OH excluding ortho intramolecular Hbond substituents is 1. The number of aromatic amines is 1. The van der Waals surface area contributed by atoms with Crippen LogP contribution in [0.2, 0.25) is 5.02 Å². The number of nitrogens with zero attached hydrogens (tertiary/aromatic N) is 1. The molecule has 0 spiro atoms. The molecule has 1 heterocycles. The molecule has 0 bridgehead atoms. The van der Waals surface area contributed by atoms with Gasteiger partial charge in [-0.2, -0.15) is 0 Å². The van der Waals surface area contributed by atoms with E-state index in [1.165, 1.54) is 19.4 Å². The summed E-state index contributed by atoms with van der Waals surface area (Å²) < 4.78 is 4.86. The van der Waals surface area contributed by atoms with Gasteiger partial charge < -0.3 is 14.8 Å². The number of esters is 1. The van der Waals surface area contributed by atoms with Gasteiger partial charge in [0.25, 0.3) is 0 Å². The van der Waals surface area contributed by atoms with E-state index in [4.69, 9.17) is 16.3 Å². The lowest BCUT2D eigenvalue weighted by atomic mass is 10.1. The van der Waals surface area contributed by atoms with E-state index < -0.39 is 12.0 Å². The van der Waals surface area contributed by atoms with Crippen molar-refractivity contribution in [3.05, 3.63) is 64.8 Å². The third kappa shape index (κ3) is 3.83. The molecule has 25 heavy (non-hydrogen) atoms. The summed E-state index contributed by atoms with van der Waals surface area (Å²) in [6, 6.07) is 11.8. The first-order valence-corrected chi connectivity index (χ1v) is 8.11. The summed E-state index contributed by atoms with van der Waals surface area (Å²) in [6.45, 7) is 0. The van der Waals surface area contributed by atoms with Crippen molar-refractivity contribution in [1.82, 2.24) is 4.98 Å². The predicted octanol–water partition coefficient (Wildman–Crippen LogP) is 3.73. The molecule has 0 unspecified atom stereocenters. The molecule has 0 fully saturated rings. The van der Waals surface area contributed by atoms with E-state index in [0.29, 0.717) is 17.0 Å². The minimum Gasteiger partial charge on any atom is -0.507 e. The Labute approximate surface area is 149 Å². The Morgan fingerprint density at radius 2 is 2.16 bits per heavy atom. The zero-order valence-electron chi connectivity index (χ0n) is 13.6. The Kier molecular flexibility index (Phi) is 5.05. The average molecular weight is 357 g/mol. The number of aromatic nitrogens is 1. The number of nitrogens with one attached hydrogen (secondary N) is 1. The summed E-state index contributed by atoms with van der Waals surface area (Å²) >= 11 is 5.93. The van der Waals surface area contributed by atoms with E-state index in [9.17, 15) is 9.90 Å². The number of carbonyl (C=O) groups excluding carboxylic acids is 1. The Hall–Kier alpha value is -2.79. The fourth-order valence-corrected chi connectivity index (χ4v) is 2.82. The van der Waals surface area contributed by atoms with E-state index in [-0.39, 0.29) is 5.75 Å². The van der Waals surface area contributed by atoms with Gasteiger partial charge in [-0.25, -0.2) is 4.79 Å². The molecular weight excluding hydrogens is 340 g/mol. The number of halogens is 1. The molecule has 2 N–H and O–H groups in total. The number of para-hydroxylation sites is 1. The van der Waals surface area contributed by atoms with Gasteiger partial charge in [-0.3, -0.25) is 4.99 Å². The predicted molar refractivity (Wildman–Crippen MR) is 98.5 cm³/mol. The molecule has 3 aromatic rings. The van der Waals surface area contributed by atoms with Crippen LogP contribution >= 0.6 is 11.6 Å². The average Bonchev–Trinajstić information content (AvgIpc) is 3.03. The second-order valence-electron chi connectivity index (χ2n) is 5.58. The first-order valence-electron chi connectivity index (χ1n) is 7.73. The fraction of sp³-hybridized carbons (Fsp3) is 0.158. The van der Waals surface area contributed by atoms with Crippen molar-refractivity contribution in [2.75, 3.05) is 7.11 Å². The summed E-state index contributed by atoms with van der Waals surface area (Å²) in [7, 11) is 1.33. The lowest BCUT2D eigenvalue weighted by molar-refractivity contribution is -0.142. The highest BCUT2D eigenvalue weighted by Gasteiger charge is 2.20. The van der Waals surface area contributed by atoms with Crippen LogP contribution in [0, 0.1) is 0 Å². The number of H-pyrrole nitrogens is 1. The third-order valence-corrected chi connectivity index (χ3v) is 4.18. The summed E-state index contributed by atoms with van der Waals surface area (Å²) in [4.78, 5) is 19.6. The summed E-state index contributed by atoms with van der Waals surface area (Å²) in [5.41, 5.74) is 2.41. The van der Waals surface area contributed by atoms with Crippen LogP contribution in [0.4, 0.5) is 0 Å². The molecule has 0 radical (unpaired) electrons. The van der Waals surface area contributed by atoms with Gasteiger partial charge in [0.2, 0.25) is 0 Å². The van der Waals surface area contributed by atoms with Gasteiger partial charge in [0, 0.05) is 40.3 Å².